The number of sulfonamides is 1. The normalized spacial score (nSPS) is 19.5. The van der Waals surface area contributed by atoms with Gasteiger partial charge in [-0.3, -0.25) is 0 Å². The van der Waals surface area contributed by atoms with Gasteiger partial charge in [0.05, 0.1) is 11.6 Å². The van der Waals surface area contributed by atoms with Gasteiger partial charge < -0.3 is 5.32 Å². The van der Waals surface area contributed by atoms with Crippen LogP contribution in [0.25, 0.3) is 0 Å². The number of nitrogens with zero attached hydrogens (tertiary/aromatic N) is 1. The van der Waals surface area contributed by atoms with Crippen molar-refractivity contribution in [3.8, 4) is 6.07 Å². The highest BCUT2D eigenvalue weighted by Gasteiger charge is 2.21. The molecule has 0 aliphatic carbocycles. The molecule has 7 heteroatoms. The van der Waals surface area contributed by atoms with Crippen LogP contribution in [0.1, 0.15) is 24.8 Å². The van der Waals surface area contributed by atoms with Crippen LogP contribution in [0.4, 0.5) is 4.39 Å². The predicted molar refractivity (Wildman–Crippen MR) is 71.9 cm³/mol. The number of nitrogens with one attached hydrogen (secondary N) is 2. The monoisotopic (exact) mass is 297 g/mol. The molecule has 1 atom stereocenters. The zero-order valence-corrected chi connectivity index (χ0v) is 11.7. The van der Waals surface area contributed by atoms with Gasteiger partial charge in [0, 0.05) is 12.6 Å². The van der Waals surface area contributed by atoms with E-state index in [0.717, 1.165) is 37.9 Å². The van der Waals surface area contributed by atoms with Crippen molar-refractivity contribution in [2.45, 2.75) is 30.2 Å². The second-order valence-corrected chi connectivity index (χ2v) is 6.49. The van der Waals surface area contributed by atoms with Gasteiger partial charge in [0.25, 0.3) is 0 Å². The second-order valence-electron chi connectivity index (χ2n) is 4.76. The third kappa shape index (κ3) is 3.54. The van der Waals surface area contributed by atoms with Crippen LogP contribution in [-0.4, -0.2) is 27.5 Å². The Morgan fingerprint density at radius 1 is 1.45 bits per heavy atom. The second kappa shape index (κ2) is 6.31. The van der Waals surface area contributed by atoms with Crippen LogP contribution in [0.3, 0.4) is 0 Å². The molecule has 2 N–H and O–H groups in total. The Morgan fingerprint density at radius 2 is 2.25 bits per heavy atom. The first-order valence-corrected chi connectivity index (χ1v) is 7.94. The van der Waals surface area contributed by atoms with E-state index in [-0.39, 0.29) is 18.2 Å². The summed E-state index contributed by atoms with van der Waals surface area (Å²) in [4.78, 5) is -0.424. The summed E-state index contributed by atoms with van der Waals surface area (Å²) in [6, 6.07) is 5.18. The Kier molecular flexibility index (Phi) is 4.70. The maximum atomic E-state index is 13.7. The van der Waals surface area contributed by atoms with Gasteiger partial charge in [-0.15, -0.1) is 0 Å². The standard InChI is InChI=1S/C13H16FN3O2S/c14-12-7-10(8-15)4-5-13(12)20(18,19)17-9-11-3-1-2-6-16-11/h4-5,7,11,16-17H,1-3,6,9H2. The summed E-state index contributed by atoms with van der Waals surface area (Å²) in [5.74, 6) is -0.909. The van der Waals surface area contributed by atoms with Crippen molar-refractivity contribution in [1.82, 2.24) is 10.0 Å². The predicted octanol–water partition coefficient (Wildman–Crippen LogP) is 1.12. The van der Waals surface area contributed by atoms with Gasteiger partial charge in [-0.2, -0.15) is 5.26 Å². The molecule has 0 aromatic heterocycles. The molecule has 5 nitrogen and oxygen atoms in total. The minimum Gasteiger partial charge on any atom is -0.313 e. The molecule has 1 unspecified atom stereocenters. The molecule has 1 saturated heterocycles. The van der Waals surface area contributed by atoms with Gasteiger partial charge in [-0.1, -0.05) is 6.42 Å². The average Bonchev–Trinajstić information content (AvgIpc) is 2.46. The summed E-state index contributed by atoms with van der Waals surface area (Å²) in [5, 5.41) is 11.9. The zero-order valence-electron chi connectivity index (χ0n) is 10.9. The molecule has 0 spiro atoms. The largest absolute Gasteiger partial charge is 0.313 e. The highest BCUT2D eigenvalue weighted by Crippen LogP contribution is 2.16. The first kappa shape index (κ1) is 14.9. The third-order valence-corrected chi connectivity index (χ3v) is 4.74. The van der Waals surface area contributed by atoms with Gasteiger partial charge in [0.2, 0.25) is 10.0 Å². The van der Waals surface area contributed by atoms with Crippen molar-refractivity contribution in [3.05, 3.63) is 29.6 Å². The lowest BCUT2D eigenvalue weighted by molar-refractivity contribution is 0.398. The minimum atomic E-state index is -3.89. The van der Waals surface area contributed by atoms with Gasteiger partial charge in [0.15, 0.2) is 0 Å². The van der Waals surface area contributed by atoms with Crippen LogP contribution in [0.2, 0.25) is 0 Å². The van der Waals surface area contributed by atoms with Crippen molar-refractivity contribution in [2.24, 2.45) is 0 Å². The SMILES string of the molecule is N#Cc1ccc(S(=O)(=O)NCC2CCCCN2)c(F)c1. The molecule has 1 heterocycles. The molecule has 0 bridgehead atoms. The number of hydrogen-bond acceptors (Lipinski definition) is 4. The van der Waals surface area contributed by atoms with E-state index in [2.05, 4.69) is 10.0 Å². The lowest BCUT2D eigenvalue weighted by Gasteiger charge is -2.23. The molecule has 0 amide bonds. The van der Waals surface area contributed by atoms with Gasteiger partial charge in [0.1, 0.15) is 10.7 Å². The average molecular weight is 297 g/mol. The molecular formula is C13H16FN3O2S. The summed E-state index contributed by atoms with van der Waals surface area (Å²) in [5.41, 5.74) is 0.0930. The van der Waals surface area contributed by atoms with E-state index < -0.39 is 20.7 Å². The molecule has 1 aromatic carbocycles. The summed E-state index contributed by atoms with van der Waals surface area (Å²) in [7, 11) is -3.89. The highest BCUT2D eigenvalue weighted by molar-refractivity contribution is 7.89. The Hall–Kier alpha value is -1.49. The van der Waals surface area contributed by atoms with Crippen molar-refractivity contribution < 1.29 is 12.8 Å². The van der Waals surface area contributed by atoms with Crippen LogP contribution in [0.15, 0.2) is 23.1 Å². The maximum Gasteiger partial charge on any atom is 0.243 e. The number of benzene rings is 1. The number of rotatable bonds is 4. The quantitative estimate of drug-likeness (QED) is 0.872. The van der Waals surface area contributed by atoms with Crippen molar-refractivity contribution in [3.63, 3.8) is 0 Å². The molecule has 0 radical (unpaired) electrons. The molecule has 1 aromatic rings. The molecule has 108 valence electrons. The van der Waals surface area contributed by atoms with Crippen molar-refractivity contribution in [2.75, 3.05) is 13.1 Å². The first-order valence-electron chi connectivity index (χ1n) is 6.45. The summed E-state index contributed by atoms with van der Waals surface area (Å²) in [6.45, 7) is 1.11. The number of halogens is 1. The Bertz CT molecular complexity index is 619. The Morgan fingerprint density at radius 3 is 2.85 bits per heavy atom. The first-order chi connectivity index (χ1) is 9.53. The highest BCUT2D eigenvalue weighted by atomic mass is 32.2. The topological polar surface area (TPSA) is 82.0 Å². The number of hydrogen-bond donors (Lipinski definition) is 2. The van der Waals surface area contributed by atoms with E-state index >= 15 is 0 Å². The molecule has 20 heavy (non-hydrogen) atoms. The molecule has 0 saturated carbocycles. The lowest BCUT2D eigenvalue weighted by Crippen LogP contribution is -2.43. The molecule has 1 aliphatic heterocycles. The fourth-order valence-electron chi connectivity index (χ4n) is 2.17. The molecule has 1 aliphatic rings. The number of piperidine rings is 1. The minimum absolute atomic E-state index is 0.0833. The van der Waals surface area contributed by atoms with E-state index in [0.29, 0.717) is 0 Å². The van der Waals surface area contributed by atoms with Gasteiger partial charge >= 0.3 is 0 Å². The summed E-state index contributed by atoms with van der Waals surface area (Å²) in [6.07, 6.45) is 3.05. The van der Waals surface area contributed by atoms with Crippen LogP contribution in [0.5, 0.6) is 0 Å². The summed E-state index contributed by atoms with van der Waals surface area (Å²) >= 11 is 0. The third-order valence-electron chi connectivity index (χ3n) is 3.28. The summed E-state index contributed by atoms with van der Waals surface area (Å²) < 4.78 is 40.2. The van der Waals surface area contributed by atoms with E-state index in [1.807, 2.05) is 0 Å². The molecule has 1 fully saturated rings. The van der Waals surface area contributed by atoms with E-state index in [9.17, 15) is 12.8 Å². The van der Waals surface area contributed by atoms with Crippen LogP contribution in [-0.2, 0) is 10.0 Å². The fourth-order valence-corrected chi connectivity index (χ4v) is 3.31. The van der Waals surface area contributed by atoms with E-state index in [1.165, 1.54) is 6.07 Å². The van der Waals surface area contributed by atoms with E-state index in [1.54, 1.807) is 6.07 Å². The zero-order chi connectivity index (χ0) is 14.6. The lowest BCUT2D eigenvalue weighted by atomic mass is 10.1. The maximum absolute atomic E-state index is 13.7. The smallest absolute Gasteiger partial charge is 0.243 e. The van der Waals surface area contributed by atoms with Crippen molar-refractivity contribution >= 4 is 10.0 Å². The fraction of sp³-hybridized carbons (Fsp3) is 0.462. The van der Waals surface area contributed by atoms with E-state index in [4.69, 9.17) is 5.26 Å². The van der Waals surface area contributed by atoms with Crippen molar-refractivity contribution in [1.29, 1.82) is 5.26 Å². The molecule has 2 rings (SSSR count). The molecular weight excluding hydrogens is 281 g/mol. The van der Waals surface area contributed by atoms with Gasteiger partial charge in [-0.05, 0) is 37.6 Å². The van der Waals surface area contributed by atoms with Crippen LogP contribution < -0.4 is 10.0 Å². The Balaban J connectivity index is 2.08. The van der Waals surface area contributed by atoms with Gasteiger partial charge in [-0.25, -0.2) is 17.5 Å². The number of nitriles is 1. The van der Waals surface area contributed by atoms with Crippen LogP contribution >= 0.6 is 0 Å². The Labute approximate surface area is 117 Å². The van der Waals surface area contributed by atoms with Crippen LogP contribution in [0, 0.1) is 17.1 Å².